The average Bonchev–Trinajstić information content (AvgIpc) is 2.65. The van der Waals surface area contributed by atoms with Crippen LogP contribution in [0.25, 0.3) is 0 Å². The molecule has 1 aromatic carbocycles. The Kier molecular flexibility index (Phi) is 8.94. The smallest absolute Gasteiger partial charge is 0.191 e. The molecule has 6 nitrogen and oxygen atoms in total. The lowest BCUT2D eigenvalue weighted by molar-refractivity contribution is 0.187. The Labute approximate surface area is 173 Å². The number of guanidine groups is 1. The van der Waals surface area contributed by atoms with Crippen molar-refractivity contribution >= 4 is 40.8 Å². The fourth-order valence-electron chi connectivity index (χ4n) is 2.20. The molecule has 0 spiro atoms. The number of aromatic nitrogens is 1. The Bertz CT molecular complexity index is 737. The molecular weight excluding hydrogens is 411 g/mol. The zero-order valence-corrected chi connectivity index (χ0v) is 17.0. The van der Waals surface area contributed by atoms with E-state index in [4.69, 9.17) is 39.5 Å². The number of aliphatic hydroxyl groups excluding tert-OH is 1. The maximum Gasteiger partial charge on any atom is 0.191 e. The zero-order valence-electron chi connectivity index (χ0n) is 14.8. The largest absolute Gasteiger partial charge is 0.489 e. The molecule has 1 aromatic heterocycles. The van der Waals surface area contributed by atoms with E-state index >= 15 is 0 Å². The van der Waals surface area contributed by atoms with Crippen molar-refractivity contribution in [3.63, 3.8) is 0 Å². The molecule has 0 aliphatic rings. The fourth-order valence-corrected chi connectivity index (χ4v) is 3.13. The molecule has 2 aromatic rings. The molecule has 0 saturated carbocycles. The van der Waals surface area contributed by atoms with Gasteiger partial charge in [0.05, 0.1) is 29.2 Å². The fraction of sp³-hybridized carbons (Fsp3) is 0.333. The number of aliphatic imine (C=N–C) groups is 1. The SMILES string of the molecule is CCNC(=NCC(O)c1ccncc1)NCCOc1c(Cl)cc(Cl)cc1Cl. The number of aliphatic hydroxyl groups is 1. The first-order valence-electron chi connectivity index (χ1n) is 8.38. The third-order valence-electron chi connectivity index (χ3n) is 3.46. The molecule has 1 atom stereocenters. The van der Waals surface area contributed by atoms with E-state index < -0.39 is 6.10 Å². The predicted octanol–water partition coefficient (Wildman–Crippen LogP) is 3.71. The van der Waals surface area contributed by atoms with Gasteiger partial charge in [-0.05, 0) is 36.8 Å². The standard InChI is InChI=1S/C18H21Cl3N4O2/c1-2-23-18(25-11-16(26)12-3-5-22-6-4-12)24-7-8-27-17-14(20)9-13(19)10-15(17)21/h3-6,9-10,16,26H,2,7-8,11H2,1H3,(H2,23,24,25). The van der Waals surface area contributed by atoms with E-state index in [2.05, 4.69) is 20.6 Å². The molecule has 0 radical (unpaired) electrons. The lowest BCUT2D eigenvalue weighted by Gasteiger charge is -2.14. The molecule has 0 bridgehead atoms. The number of hydrogen-bond acceptors (Lipinski definition) is 4. The second-order valence-electron chi connectivity index (χ2n) is 5.49. The van der Waals surface area contributed by atoms with Gasteiger partial charge in [0.15, 0.2) is 11.7 Å². The highest BCUT2D eigenvalue weighted by molar-refractivity contribution is 6.40. The van der Waals surface area contributed by atoms with Crippen LogP contribution in [0.5, 0.6) is 5.75 Å². The zero-order chi connectivity index (χ0) is 19.6. The molecule has 0 saturated heterocycles. The van der Waals surface area contributed by atoms with E-state index in [-0.39, 0.29) is 6.54 Å². The molecule has 0 aliphatic heterocycles. The lowest BCUT2D eigenvalue weighted by Crippen LogP contribution is -2.39. The number of rotatable bonds is 8. The van der Waals surface area contributed by atoms with Gasteiger partial charge in [-0.25, -0.2) is 0 Å². The summed E-state index contributed by atoms with van der Waals surface area (Å²) in [4.78, 5) is 8.31. The second kappa shape index (κ2) is 11.2. The predicted molar refractivity (Wildman–Crippen MR) is 110 cm³/mol. The highest BCUT2D eigenvalue weighted by Gasteiger charge is 2.10. The summed E-state index contributed by atoms with van der Waals surface area (Å²) >= 11 is 18.1. The molecule has 3 N–H and O–H groups in total. The number of nitrogens with zero attached hydrogens (tertiary/aromatic N) is 2. The van der Waals surface area contributed by atoms with Crippen LogP contribution in [-0.2, 0) is 0 Å². The van der Waals surface area contributed by atoms with Gasteiger partial charge in [0.2, 0.25) is 0 Å². The summed E-state index contributed by atoms with van der Waals surface area (Å²) in [7, 11) is 0. The monoisotopic (exact) mass is 430 g/mol. The highest BCUT2D eigenvalue weighted by atomic mass is 35.5. The van der Waals surface area contributed by atoms with Crippen molar-refractivity contribution in [2.24, 2.45) is 4.99 Å². The van der Waals surface area contributed by atoms with Gasteiger partial charge in [-0.2, -0.15) is 0 Å². The van der Waals surface area contributed by atoms with Crippen LogP contribution < -0.4 is 15.4 Å². The maximum atomic E-state index is 10.2. The minimum absolute atomic E-state index is 0.217. The maximum absolute atomic E-state index is 10.2. The van der Waals surface area contributed by atoms with Gasteiger partial charge in [-0.1, -0.05) is 34.8 Å². The van der Waals surface area contributed by atoms with Crippen molar-refractivity contribution < 1.29 is 9.84 Å². The average molecular weight is 432 g/mol. The highest BCUT2D eigenvalue weighted by Crippen LogP contribution is 2.35. The van der Waals surface area contributed by atoms with Gasteiger partial charge in [0, 0.05) is 24.0 Å². The summed E-state index contributed by atoms with van der Waals surface area (Å²) in [6.07, 6.45) is 2.57. The molecule has 9 heteroatoms. The number of halogens is 3. The Morgan fingerprint density at radius 3 is 2.48 bits per heavy atom. The summed E-state index contributed by atoms with van der Waals surface area (Å²) in [5.41, 5.74) is 0.764. The number of nitrogens with one attached hydrogen (secondary N) is 2. The van der Waals surface area contributed by atoms with Gasteiger partial charge in [-0.15, -0.1) is 0 Å². The quantitative estimate of drug-likeness (QED) is 0.337. The van der Waals surface area contributed by atoms with Crippen molar-refractivity contribution in [2.45, 2.75) is 13.0 Å². The molecular formula is C18H21Cl3N4O2. The molecule has 0 fully saturated rings. The Morgan fingerprint density at radius 1 is 1.19 bits per heavy atom. The van der Waals surface area contributed by atoms with Gasteiger partial charge in [0.1, 0.15) is 6.61 Å². The molecule has 2 rings (SSSR count). The molecule has 0 amide bonds. The molecule has 1 unspecified atom stereocenters. The third-order valence-corrected chi connectivity index (χ3v) is 4.24. The molecule has 0 aliphatic carbocycles. The molecule has 146 valence electrons. The Morgan fingerprint density at radius 2 is 1.85 bits per heavy atom. The third kappa shape index (κ3) is 7.07. The molecule has 27 heavy (non-hydrogen) atoms. The van der Waals surface area contributed by atoms with Crippen LogP contribution in [0.15, 0.2) is 41.7 Å². The number of pyridine rings is 1. The minimum Gasteiger partial charge on any atom is -0.489 e. The van der Waals surface area contributed by atoms with Crippen molar-refractivity contribution in [1.82, 2.24) is 15.6 Å². The summed E-state index contributed by atoms with van der Waals surface area (Å²) in [6.45, 7) is 3.65. The van der Waals surface area contributed by atoms with Crippen LogP contribution in [0.2, 0.25) is 15.1 Å². The normalized spacial score (nSPS) is 12.6. The second-order valence-corrected chi connectivity index (χ2v) is 6.74. The van der Waals surface area contributed by atoms with Crippen LogP contribution in [0.4, 0.5) is 0 Å². The van der Waals surface area contributed by atoms with Crippen LogP contribution in [0.1, 0.15) is 18.6 Å². The van der Waals surface area contributed by atoms with E-state index in [1.807, 2.05) is 6.92 Å². The minimum atomic E-state index is -0.702. The summed E-state index contributed by atoms with van der Waals surface area (Å²) in [5.74, 6) is 0.960. The number of benzene rings is 1. The van der Waals surface area contributed by atoms with Crippen molar-refractivity contribution in [1.29, 1.82) is 0 Å². The summed E-state index contributed by atoms with van der Waals surface area (Å²) < 4.78 is 5.62. The van der Waals surface area contributed by atoms with Gasteiger partial charge < -0.3 is 20.5 Å². The number of hydrogen-bond donors (Lipinski definition) is 3. The first-order chi connectivity index (χ1) is 13.0. The first kappa shape index (κ1) is 21.6. The van der Waals surface area contributed by atoms with E-state index in [9.17, 15) is 5.11 Å². The lowest BCUT2D eigenvalue weighted by atomic mass is 10.1. The van der Waals surface area contributed by atoms with Crippen LogP contribution >= 0.6 is 34.8 Å². The topological polar surface area (TPSA) is 78.8 Å². The van der Waals surface area contributed by atoms with E-state index in [1.54, 1.807) is 36.7 Å². The van der Waals surface area contributed by atoms with Crippen LogP contribution in [-0.4, -0.2) is 42.3 Å². The first-order valence-corrected chi connectivity index (χ1v) is 9.52. The van der Waals surface area contributed by atoms with Crippen LogP contribution in [0, 0.1) is 0 Å². The van der Waals surface area contributed by atoms with Crippen LogP contribution in [0.3, 0.4) is 0 Å². The van der Waals surface area contributed by atoms with E-state index in [0.717, 1.165) is 5.56 Å². The van der Waals surface area contributed by atoms with Crippen molar-refractivity contribution in [2.75, 3.05) is 26.2 Å². The van der Waals surface area contributed by atoms with Gasteiger partial charge in [-0.3, -0.25) is 9.98 Å². The molecule has 1 heterocycles. The summed E-state index contributed by atoms with van der Waals surface area (Å²) in [6, 6.07) is 6.66. The van der Waals surface area contributed by atoms with Gasteiger partial charge >= 0.3 is 0 Å². The van der Waals surface area contributed by atoms with Gasteiger partial charge in [0.25, 0.3) is 0 Å². The Hall–Kier alpha value is -1.73. The van der Waals surface area contributed by atoms with E-state index in [1.165, 1.54) is 0 Å². The Balaban J connectivity index is 1.85. The van der Waals surface area contributed by atoms with Crippen molar-refractivity contribution in [3.8, 4) is 5.75 Å². The summed E-state index contributed by atoms with van der Waals surface area (Å²) in [5, 5.41) is 17.6. The van der Waals surface area contributed by atoms with Crippen molar-refractivity contribution in [3.05, 3.63) is 57.3 Å². The van der Waals surface area contributed by atoms with E-state index in [0.29, 0.717) is 46.5 Å². The number of ether oxygens (including phenoxy) is 1.